The van der Waals surface area contributed by atoms with Crippen LogP contribution in [0.3, 0.4) is 0 Å². The lowest BCUT2D eigenvalue weighted by molar-refractivity contribution is -0.118. The number of amides is 1. The van der Waals surface area contributed by atoms with Gasteiger partial charge in [-0.05, 0) is 70.0 Å². The second-order valence-electron chi connectivity index (χ2n) is 6.16. The average molecular weight is 476 g/mol. The third-order valence-corrected chi connectivity index (χ3v) is 5.04. The number of benzene rings is 3. The molecule has 0 heterocycles. The predicted octanol–water partition coefficient (Wildman–Crippen LogP) is 5.74. The Kier molecular flexibility index (Phi) is 7.38. The van der Waals surface area contributed by atoms with Gasteiger partial charge in [0.15, 0.2) is 6.61 Å². The number of para-hydroxylation sites is 1. The first kappa shape index (κ1) is 21.0. The molecule has 0 saturated heterocycles. The number of methoxy groups -OCH3 is 1. The van der Waals surface area contributed by atoms with Crippen LogP contribution in [0.15, 0.2) is 71.2 Å². The summed E-state index contributed by atoms with van der Waals surface area (Å²) >= 11 is 9.54. The number of hydrogen-bond acceptors (Lipinski definition) is 4. The normalized spacial score (nSPS) is 10.3. The number of carbonyl (C=O) groups excluding carboxylic acids is 1. The van der Waals surface area contributed by atoms with Crippen LogP contribution in [0.4, 0.5) is 11.4 Å². The molecule has 7 heteroatoms. The zero-order chi connectivity index (χ0) is 20.6. The molecule has 0 fully saturated rings. The second kappa shape index (κ2) is 10.2. The quantitative estimate of drug-likeness (QED) is 0.436. The van der Waals surface area contributed by atoms with Crippen LogP contribution in [0.5, 0.6) is 11.5 Å². The van der Waals surface area contributed by atoms with Gasteiger partial charge in [-0.1, -0.05) is 29.8 Å². The number of hydrogen-bond donors (Lipinski definition) is 2. The molecule has 0 atom stereocenters. The molecule has 0 spiro atoms. The smallest absolute Gasteiger partial charge is 0.262 e. The Morgan fingerprint density at radius 2 is 1.83 bits per heavy atom. The van der Waals surface area contributed by atoms with Gasteiger partial charge in [0.2, 0.25) is 0 Å². The van der Waals surface area contributed by atoms with E-state index in [9.17, 15) is 4.79 Å². The third kappa shape index (κ3) is 6.14. The minimum absolute atomic E-state index is 0.118. The maximum atomic E-state index is 12.1. The largest absolute Gasteiger partial charge is 0.497 e. The number of halogens is 2. The molecule has 0 bridgehead atoms. The van der Waals surface area contributed by atoms with E-state index in [1.165, 1.54) is 0 Å². The second-order valence-corrected chi connectivity index (χ2v) is 7.43. The summed E-state index contributed by atoms with van der Waals surface area (Å²) in [6.07, 6.45) is 0. The van der Waals surface area contributed by atoms with Crippen LogP contribution in [-0.2, 0) is 11.3 Å². The van der Waals surface area contributed by atoms with E-state index >= 15 is 0 Å². The highest BCUT2D eigenvalue weighted by atomic mass is 79.9. The summed E-state index contributed by atoms with van der Waals surface area (Å²) in [5.41, 5.74) is 2.63. The van der Waals surface area contributed by atoms with Gasteiger partial charge in [-0.3, -0.25) is 4.79 Å². The Bertz CT molecular complexity index is 980. The summed E-state index contributed by atoms with van der Waals surface area (Å²) in [5.74, 6) is 1.13. The average Bonchev–Trinajstić information content (AvgIpc) is 2.73. The van der Waals surface area contributed by atoms with E-state index in [-0.39, 0.29) is 12.5 Å². The molecule has 3 rings (SSSR count). The Morgan fingerprint density at radius 3 is 2.52 bits per heavy atom. The number of anilines is 2. The van der Waals surface area contributed by atoms with Crippen molar-refractivity contribution in [1.29, 1.82) is 0 Å². The summed E-state index contributed by atoms with van der Waals surface area (Å²) in [7, 11) is 1.64. The van der Waals surface area contributed by atoms with Gasteiger partial charge < -0.3 is 20.1 Å². The summed E-state index contributed by atoms with van der Waals surface area (Å²) in [6.45, 7) is 0.533. The maximum Gasteiger partial charge on any atom is 0.262 e. The van der Waals surface area contributed by atoms with Crippen LogP contribution in [0.2, 0.25) is 5.02 Å². The number of ether oxygens (including phenoxy) is 2. The van der Waals surface area contributed by atoms with E-state index in [2.05, 4.69) is 26.6 Å². The zero-order valence-electron chi connectivity index (χ0n) is 15.7. The highest BCUT2D eigenvalue weighted by Crippen LogP contribution is 2.27. The fourth-order valence-corrected chi connectivity index (χ4v) is 3.30. The van der Waals surface area contributed by atoms with E-state index in [4.69, 9.17) is 21.1 Å². The molecule has 150 valence electrons. The van der Waals surface area contributed by atoms with E-state index in [0.29, 0.717) is 23.0 Å². The third-order valence-electron chi connectivity index (χ3n) is 4.09. The molecule has 0 radical (unpaired) electrons. The summed E-state index contributed by atoms with van der Waals surface area (Å²) in [5, 5.41) is 6.56. The van der Waals surface area contributed by atoms with Gasteiger partial charge in [-0.2, -0.15) is 0 Å². The highest BCUT2D eigenvalue weighted by molar-refractivity contribution is 9.10. The molecule has 0 aliphatic rings. The lowest BCUT2D eigenvalue weighted by Gasteiger charge is -2.12. The molecule has 29 heavy (non-hydrogen) atoms. The van der Waals surface area contributed by atoms with Crippen LogP contribution in [0.25, 0.3) is 0 Å². The minimum atomic E-state index is -0.282. The lowest BCUT2D eigenvalue weighted by atomic mass is 10.2. The summed E-state index contributed by atoms with van der Waals surface area (Å²) in [6, 6.07) is 20.5. The molecule has 1 amide bonds. The van der Waals surface area contributed by atoms with Gasteiger partial charge in [0.1, 0.15) is 11.5 Å². The van der Waals surface area contributed by atoms with Crippen LogP contribution in [0, 0.1) is 0 Å². The predicted molar refractivity (Wildman–Crippen MR) is 120 cm³/mol. The Morgan fingerprint density at radius 1 is 1.07 bits per heavy atom. The van der Waals surface area contributed by atoms with E-state index < -0.39 is 0 Å². The summed E-state index contributed by atoms with van der Waals surface area (Å²) in [4.78, 5) is 12.1. The van der Waals surface area contributed by atoms with Crippen LogP contribution < -0.4 is 20.1 Å². The molecule has 0 saturated carbocycles. The Hall–Kier alpha value is -2.70. The first-order valence-electron chi connectivity index (χ1n) is 8.88. The van der Waals surface area contributed by atoms with Crippen molar-refractivity contribution in [3.8, 4) is 11.5 Å². The maximum absolute atomic E-state index is 12.1. The van der Waals surface area contributed by atoms with Crippen molar-refractivity contribution in [2.45, 2.75) is 6.54 Å². The first-order chi connectivity index (χ1) is 14.0. The Labute approximate surface area is 183 Å². The molecule has 0 aromatic heterocycles. The Balaban J connectivity index is 1.52. The summed E-state index contributed by atoms with van der Waals surface area (Å²) < 4.78 is 11.5. The van der Waals surface area contributed by atoms with Gasteiger partial charge in [-0.25, -0.2) is 0 Å². The van der Waals surface area contributed by atoms with Crippen LogP contribution >= 0.6 is 27.5 Å². The SMILES string of the molecule is COc1ccc(NCc2ccc(OCC(=O)Nc3ccccc3Cl)c(Br)c2)cc1. The molecule has 0 aliphatic carbocycles. The van der Waals surface area contributed by atoms with E-state index in [0.717, 1.165) is 21.5 Å². The van der Waals surface area contributed by atoms with Crippen molar-refractivity contribution in [3.05, 3.63) is 81.8 Å². The van der Waals surface area contributed by atoms with Crippen LogP contribution in [-0.4, -0.2) is 19.6 Å². The molecule has 0 aliphatic heterocycles. The van der Waals surface area contributed by atoms with Crippen molar-refractivity contribution in [3.63, 3.8) is 0 Å². The number of nitrogens with one attached hydrogen (secondary N) is 2. The molecule has 2 N–H and O–H groups in total. The fraction of sp³-hybridized carbons (Fsp3) is 0.136. The highest BCUT2D eigenvalue weighted by Gasteiger charge is 2.09. The zero-order valence-corrected chi connectivity index (χ0v) is 18.1. The van der Waals surface area contributed by atoms with Crippen molar-refractivity contribution in [2.75, 3.05) is 24.4 Å². The van der Waals surface area contributed by atoms with Gasteiger partial charge in [0.05, 0.1) is 22.3 Å². The topological polar surface area (TPSA) is 59.6 Å². The van der Waals surface area contributed by atoms with Crippen molar-refractivity contribution < 1.29 is 14.3 Å². The van der Waals surface area contributed by atoms with Gasteiger partial charge in [0.25, 0.3) is 5.91 Å². The molecule has 0 unspecified atom stereocenters. The molecule has 5 nitrogen and oxygen atoms in total. The first-order valence-corrected chi connectivity index (χ1v) is 10.1. The van der Waals surface area contributed by atoms with Crippen LogP contribution in [0.1, 0.15) is 5.56 Å². The standard InChI is InChI=1S/C22H20BrClN2O3/c1-28-17-9-7-16(8-10-17)25-13-15-6-11-21(18(23)12-15)29-14-22(27)26-20-5-3-2-4-19(20)24/h2-12,25H,13-14H2,1H3,(H,26,27). The van der Waals surface area contributed by atoms with E-state index in [1.807, 2.05) is 42.5 Å². The van der Waals surface area contributed by atoms with Gasteiger partial charge in [-0.15, -0.1) is 0 Å². The number of carbonyl (C=O) groups is 1. The van der Waals surface area contributed by atoms with Crippen molar-refractivity contribution in [2.24, 2.45) is 0 Å². The van der Waals surface area contributed by atoms with Crippen molar-refractivity contribution in [1.82, 2.24) is 0 Å². The molecule has 3 aromatic rings. The fourth-order valence-electron chi connectivity index (χ4n) is 2.58. The molecular weight excluding hydrogens is 456 g/mol. The van der Waals surface area contributed by atoms with Crippen molar-refractivity contribution >= 4 is 44.8 Å². The monoisotopic (exact) mass is 474 g/mol. The molecular formula is C22H20BrClN2O3. The van der Waals surface area contributed by atoms with E-state index in [1.54, 1.807) is 31.4 Å². The minimum Gasteiger partial charge on any atom is -0.497 e. The number of rotatable bonds is 8. The lowest BCUT2D eigenvalue weighted by Crippen LogP contribution is -2.20. The molecule has 3 aromatic carbocycles. The van der Waals surface area contributed by atoms with Gasteiger partial charge in [0, 0.05) is 12.2 Å². The van der Waals surface area contributed by atoms with Gasteiger partial charge >= 0.3 is 0 Å².